The minimum Gasteiger partial charge on any atom is -0.492 e. The fourth-order valence-corrected chi connectivity index (χ4v) is 2.79. The summed E-state index contributed by atoms with van der Waals surface area (Å²) >= 11 is 0. The van der Waals surface area contributed by atoms with E-state index in [9.17, 15) is 0 Å². The summed E-state index contributed by atoms with van der Waals surface area (Å²) in [7, 11) is 0. The van der Waals surface area contributed by atoms with Gasteiger partial charge in [-0.25, -0.2) is 4.68 Å². The SMILES string of the molecule is CCOc1ccc(-c2nnnn2CC2(C)CCC2)cc1N. The van der Waals surface area contributed by atoms with E-state index in [2.05, 4.69) is 22.4 Å². The van der Waals surface area contributed by atoms with E-state index in [1.54, 1.807) is 0 Å². The molecule has 1 aromatic carbocycles. The van der Waals surface area contributed by atoms with Crippen LogP contribution in [0.3, 0.4) is 0 Å². The van der Waals surface area contributed by atoms with Crippen LogP contribution in [0.5, 0.6) is 5.75 Å². The molecule has 1 aromatic heterocycles. The summed E-state index contributed by atoms with van der Waals surface area (Å²) < 4.78 is 7.35. The number of benzene rings is 1. The topological polar surface area (TPSA) is 78.9 Å². The molecule has 3 rings (SSSR count). The van der Waals surface area contributed by atoms with Crippen molar-refractivity contribution in [2.75, 3.05) is 12.3 Å². The number of tetrazole rings is 1. The lowest BCUT2D eigenvalue weighted by Crippen LogP contribution is -2.31. The molecule has 1 heterocycles. The third-order valence-corrected chi connectivity index (χ3v) is 4.19. The fourth-order valence-electron chi connectivity index (χ4n) is 2.79. The van der Waals surface area contributed by atoms with Crippen molar-refractivity contribution in [3.05, 3.63) is 18.2 Å². The highest BCUT2D eigenvalue weighted by Crippen LogP contribution is 2.42. The van der Waals surface area contributed by atoms with Crippen LogP contribution < -0.4 is 10.5 Å². The molecule has 6 nitrogen and oxygen atoms in total. The Morgan fingerprint density at radius 3 is 2.81 bits per heavy atom. The second-order valence-electron chi connectivity index (χ2n) is 6.01. The monoisotopic (exact) mass is 287 g/mol. The highest BCUT2D eigenvalue weighted by atomic mass is 16.5. The summed E-state index contributed by atoms with van der Waals surface area (Å²) in [5, 5.41) is 12.1. The molecule has 0 unspecified atom stereocenters. The van der Waals surface area contributed by atoms with Crippen LogP contribution in [0.25, 0.3) is 11.4 Å². The predicted octanol–water partition coefficient (Wildman–Crippen LogP) is 2.51. The van der Waals surface area contributed by atoms with E-state index >= 15 is 0 Å². The molecule has 0 amide bonds. The van der Waals surface area contributed by atoms with Gasteiger partial charge in [-0.2, -0.15) is 0 Å². The molecule has 112 valence electrons. The smallest absolute Gasteiger partial charge is 0.182 e. The second-order valence-corrected chi connectivity index (χ2v) is 6.01. The first kappa shape index (κ1) is 13.9. The molecule has 0 atom stereocenters. The summed E-state index contributed by atoms with van der Waals surface area (Å²) in [6, 6.07) is 5.70. The summed E-state index contributed by atoms with van der Waals surface area (Å²) in [5.74, 6) is 1.46. The average Bonchev–Trinajstić information content (AvgIpc) is 2.87. The van der Waals surface area contributed by atoms with Gasteiger partial charge in [0, 0.05) is 5.56 Å². The summed E-state index contributed by atoms with van der Waals surface area (Å²) in [6.45, 7) is 5.67. The molecule has 1 saturated carbocycles. The van der Waals surface area contributed by atoms with E-state index in [1.807, 2.05) is 29.8 Å². The molecule has 2 aromatic rings. The molecule has 1 aliphatic rings. The molecular weight excluding hydrogens is 266 g/mol. The van der Waals surface area contributed by atoms with Crippen molar-refractivity contribution in [1.82, 2.24) is 20.2 Å². The van der Waals surface area contributed by atoms with E-state index < -0.39 is 0 Å². The van der Waals surface area contributed by atoms with Gasteiger partial charge in [-0.3, -0.25) is 0 Å². The van der Waals surface area contributed by atoms with Crippen LogP contribution >= 0.6 is 0 Å². The van der Waals surface area contributed by atoms with Crippen molar-refractivity contribution < 1.29 is 4.74 Å². The third-order valence-electron chi connectivity index (χ3n) is 4.19. The molecular formula is C15H21N5O. The van der Waals surface area contributed by atoms with Gasteiger partial charge in [0.1, 0.15) is 5.75 Å². The number of nitrogens with two attached hydrogens (primary N) is 1. The Hall–Kier alpha value is -2.11. The largest absolute Gasteiger partial charge is 0.492 e. The molecule has 0 aliphatic heterocycles. The average molecular weight is 287 g/mol. The zero-order valence-corrected chi connectivity index (χ0v) is 12.5. The highest BCUT2D eigenvalue weighted by molar-refractivity contribution is 5.66. The van der Waals surface area contributed by atoms with Gasteiger partial charge in [0.05, 0.1) is 18.8 Å². The minimum atomic E-state index is 0.320. The first-order valence-electron chi connectivity index (χ1n) is 7.40. The Kier molecular flexibility index (Phi) is 3.53. The predicted molar refractivity (Wildman–Crippen MR) is 80.8 cm³/mol. The highest BCUT2D eigenvalue weighted by Gasteiger charge is 2.33. The van der Waals surface area contributed by atoms with Gasteiger partial charge in [-0.05, 0) is 53.8 Å². The minimum absolute atomic E-state index is 0.320. The Morgan fingerprint density at radius 2 is 2.19 bits per heavy atom. The van der Waals surface area contributed by atoms with E-state index in [0.29, 0.717) is 23.5 Å². The first-order valence-corrected chi connectivity index (χ1v) is 7.40. The number of nitrogens with zero attached hydrogens (tertiary/aromatic N) is 4. The van der Waals surface area contributed by atoms with Gasteiger partial charge < -0.3 is 10.5 Å². The second kappa shape index (κ2) is 5.35. The van der Waals surface area contributed by atoms with Crippen LogP contribution in [0.2, 0.25) is 0 Å². The van der Waals surface area contributed by atoms with Gasteiger partial charge >= 0.3 is 0 Å². The Morgan fingerprint density at radius 1 is 1.38 bits per heavy atom. The van der Waals surface area contributed by atoms with Gasteiger partial charge in [0.15, 0.2) is 5.82 Å². The van der Waals surface area contributed by atoms with Crippen molar-refractivity contribution >= 4 is 5.69 Å². The molecule has 1 aliphatic carbocycles. The lowest BCUT2D eigenvalue weighted by Gasteiger charge is -2.38. The van der Waals surface area contributed by atoms with Crippen LogP contribution in [0.15, 0.2) is 18.2 Å². The maximum Gasteiger partial charge on any atom is 0.182 e. The third kappa shape index (κ3) is 2.70. The van der Waals surface area contributed by atoms with Crippen LogP contribution in [-0.2, 0) is 6.54 Å². The number of anilines is 1. The van der Waals surface area contributed by atoms with E-state index in [4.69, 9.17) is 10.5 Å². The number of hydrogen-bond acceptors (Lipinski definition) is 5. The molecule has 21 heavy (non-hydrogen) atoms. The lowest BCUT2D eigenvalue weighted by molar-refractivity contribution is 0.126. The standard InChI is InChI=1S/C15H21N5O/c1-3-21-13-6-5-11(9-12(13)16)14-17-18-19-20(14)10-15(2)7-4-8-15/h5-6,9H,3-4,7-8,10,16H2,1-2H3. The molecule has 0 radical (unpaired) electrons. The number of rotatable bonds is 5. The fraction of sp³-hybridized carbons (Fsp3) is 0.533. The lowest BCUT2D eigenvalue weighted by atomic mass is 9.70. The van der Waals surface area contributed by atoms with Crippen molar-refractivity contribution in [3.8, 4) is 17.1 Å². The maximum atomic E-state index is 6.03. The molecule has 0 saturated heterocycles. The van der Waals surface area contributed by atoms with E-state index in [0.717, 1.165) is 17.9 Å². The zero-order chi connectivity index (χ0) is 14.9. The molecule has 1 fully saturated rings. The number of hydrogen-bond donors (Lipinski definition) is 1. The van der Waals surface area contributed by atoms with E-state index in [1.165, 1.54) is 19.3 Å². The van der Waals surface area contributed by atoms with Crippen molar-refractivity contribution in [2.45, 2.75) is 39.7 Å². The van der Waals surface area contributed by atoms with Crippen LogP contribution in [0, 0.1) is 5.41 Å². The van der Waals surface area contributed by atoms with Gasteiger partial charge in [0.2, 0.25) is 0 Å². The van der Waals surface area contributed by atoms with Crippen molar-refractivity contribution in [3.63, 3.8) is 0 Å². The molecule has 0 bridgehead atoms. The van der Waals surface area contributed by atoms with Crippen molar-refractivity contribution in [1.29, 1.82) is 0 Å². The molecule has 2 N–H and O–H groups in total. The Balaban J connectivity index is 1.87. The zero-order valence-electron chi connectivity index (χ0n) is 12.5. The first-order chi connectivity index (χ1) is 10.1. The molecule has 6 heteroatoms. The van der Waals surface area contributed by atoms with E-state index in [-0.39, 0.29) is 0 Å². The number of ether oxygens (including phenoxy) is 1. The normalized spacial score (nSPS) is 16.5. The van der Waals surface area contributed by atoms with Crippen LogP contribution in [0.4, 0.5) is 5.69 Å². The number of nitrogen functional groups attached to an aromatic ring is 1. The maximum absolute atomic E-state index is 6.03. The summed E-state index contributed by atoms with van der Waals surface area (Å²) in [5.41, 5.74) is 7.88. The van der Waals surface area contributed by atoms with Crippen LogP contribution in [0.1, 0.15) is 33.1 Å². The van der Waals surface area contributed by atoms with Gasteiger partial charge in [0.25, 0.3) is 0 Å². The van der Waals surface area contributed by atoms with Gasteiger partial charge in [-0.15, -0.1) is 5.10 Å². The molecule has 0 spiro atoms. The van der Waals surface area contributed by atoms with Crippen LogP contribution in [-0.4, -0.2) is 26.8 Å². The summed E-state index contributed by atoms with van der Waals surface area (Å²) in [4.78, 5) is 0. The Labute approximate surface area is 124 Å². The van der Waals surface area contributed by atoms with Gasteiger partial charge in [-0.1, -0.05) is 13.3 Å². The Bertz CT molecular complexity index is 633. The quantitative estimate of drug-likeness (QED) is 0.855. The van der Waals surface area contributed by atoms with Crippen molar-refractivity contribution in [2.24, 2.45) is 5.41 Å². The summed E-state index contributed by atoms with van der Waals surface area (Å²) in [6.07, 6.45) is 3.76. The number of aromatic nitrogens is 4.